The molecule has 0 saturated carbocycles. The van der Waals surface area contributed by atoms with Crippen molar-refractivity contribution in [2.75, 3.05) is 24.6 Å². The Hall–Kier alpha value is -3.07. The van der Waals surface area contributed by atoms with Crippen molar-refractivity contribution in [2.24, 2.45) is 7.05 Å². The highest BCUT2D eigenvalue weighted by atomic mass is 16.5. The molecule has 1 aliphatic rings. The molecule has 9 nitrogen and oxygen atoms in total. The van der Waals surface area contributed by atoms with Crippen LogP contribution in [0.5, 0.6) is 5.75 Å². The van der Waals surface area contributed by atoms with Crippen LogP contribution >= 0.6 is 0 Å². The zero-order valence-corrected chi connectivity index (χ0v) is 17.3. The van der Waals surface area contributed by atoms with Crippen molar-refractivity contribution in [2.45, 2.75) is 38.8 Å². The molecule has 3 aromatic rings. The topological polar surface area (TPSA) is 105 Å². The normalized spacial score (nSPS) is 15.5. The molecule has 0 radical (unpaired) electrons. The van der Waals surface area contributed by atoms with Gasteiger partial charge in [-0.3, -0.25) is 14.3 Å². The third-order valence-electron chi connectivity index (χ3n) is 5.48. The first-order chi connectivity index (χ1) is 14.4. The second-order valence-corrected chi connectivity index (χ2v) is 7.84. The predicted molar refractivity (Wildman–Crippen MR) is 114 cm³/mol. The first-order valence-corrected chi connectivity index (χ1v) is 10.3. The zero-order chi connectivity index (χ0) is 21.3. The van der Waals surface area contributed by atoms with Crippen molar-refractivity contribution >= 4 is 17.1 Å². The van der Waals surface area contributed by atoms with Crippen LogP contribution < -0.4 is 20.9 Å². The molecule has 0 aliphatic carbocycles. The van der Waals surface area contributed by atoms with Gasteiger partial charge in [0, 0.05) is 20.1 Å². The van der Waals surface area contributed by atoms with Crippen LogP contribution in [0.15, 0.2) is 33.9 Å². The first-order valence-electron chi connectivity index (χ1n) is 10.3. The average Bonchev–Trinajstić information content (AvgIpc) is 3.12. The maximum atomic E-state index is 12.6. The fourth-order valence-corrected chi connectivity index (χ4v) is 3.82. The molecule has 0 unspecified atom stereocenters. The number of ether oxygens (including phenoxy) is 1. The number of rotatable bonds is 6. The number of piperidine rings is 1. The van der Waals surface area contributed by atoms with Gasteiger partial charge in [0.2, 0.25) is 5.95 Å². The van der Waals surface area contributed by atoms with Crippen LogP contribution in [-0.2, 0) is 13.6 Å². The number of aromatic amines is 1. The summed E-state index contributed by atoms with van der Waals surface area (Å²) in [5.41, 5.74) is 0.716. The maximum absolute atomic E-state index is 12.6. The van der Waals surface area contributed by atoms with Crippen molar-refractivity contribution < 1.29 is 9.84 Å². The molecule has 3 heterocycles. The predicted octanol–water partition coefficient (Wildman–Crippen LogP) is 1.16. The number of fused-ring (bicyclic) bond motifs is 1. The van der Waals surface area contributed by atoms with E-state index in [4.69, 9.17) is 4.74 Å². The molecule has 4 rings (SSSR count). The lowest BCUT2D eigenvalue weighted by Crippen LogP contribution is -2.34. The molecule has 0 bridgehead atoms. The van der Waals surface area contributed by atoms with E-state index in [1.807, 2.05) is 31.2 Å². The molecule has 1 saturated heterocycles. The summed E-state index contributed by atoms with van der Waals surface area (Å²) in [6.07, 6.45) is 2.38. The number of anilines is 1. The van der Waals surface area contributed by atoms with E-state index in [9.17, 15) is 14.7 Å². The Bertz CT molecular complexity index is 1140. The molecule has 9 heteroatoms. The number of benzene rings is 1. The van der Waals surface area contributed by atoms with Crippen LogP contribution in [0.2, 0.25) is 0 Å². The summed E-state index contributed by atoms with van der Waals surface area (Å²) in [6, 6.07) is 7.60. The molecule has 1 aliphatic heterocycles. The van der Waals surface area contributed by atoms with Gasteiger partial charge in [-0.1, -0.05) is 17.7 Å². The van der Waals surface area contributed by atoms with Gasteiger partial charge in [0.15, 0.2) is 11.2 Å². The highest BCUT2D eigenvalue weighted by Crippen LogP contribution is 2.23. The second-order valence-electron chi connectivity index (χ2n) is 7.84. The van der Waals surface area contributed by atoms with Crippen LogP contribution in [0.4, 0.5) is 5.95 Å². The summed E-state index contributed by atoms with van der Waals surface area (Å²) < 4.78 is 8.74. The van der Waals surface area contributed by atoms with Gasteiger partial charge < -0.3 is 19.3 Å². The van der Waals surface area contributed by atoms with E-state index in [1.165, 1.54) is 4.57 Å². The van der Waals surface area contributed by atoms with Gasteiger partial charge in [0.1, 0.15) is 18.5 Å². The fraction of sp³-hybridized carbons (Fsp3) is 0.476. The van der Waals surface area contributed by atoms with Gasteiger partial charge >= 0.3 is 5.69 Å². The van der Waals surface area contributed by atoms with Gasteiger partial charge in [-0.25, -0.2) is 4.79 Å². The molecule has 160 valence electrons. The Kier molecular flexibility index (Phi) is 5.63. The number of nitrogens with zero attached hydrogens (tertiary/aromatic N) is 4. The number of aliphatic hydroxyl groups is 1. The molecule has 1 fully saturated rings. The van der Waals surface area contributed by atoms with E-state index in [0.29, 0.717) is 17.3 Å². The number of nitrogens with one attached hydrogen (secondary N) is 1. The smallest absolute Gasteiger partial charge is 0.329 e. The maximum Gasteiger partial charge on any atom is 0.329 e. The highest BCUT2D eigenvalue weighted by molar-refractivity contribution is 5.74. The Morgan fingerprint density at radius 2 is 1.87 bits per heavy atom. The van der Waals surface area contributed by atoms with Gasteiger partial charge in [-0.15, -0.1) is 0 Å². The van der Waals surface area contributed by atoms with Crippen molar-refractivity contribution in [3.63, 3.8) is 0 Å². The average molecular weight is 413 g/mol. The minimum absolute atomic E-state index is 0.0752. The second kappa shape index (κ2) is 8.35. The highest BCUT2D eigenvalue weighted by Gasteiger charge is 2.24. The van der Waals surface area contributed by atoms with Crippen LogP contribution in [0, 0.1) is 6.92 Å². The first kappa shape index (κ1) is 20.2. The summed E-state index contributed by atoms with van der Waals surface area (Å²) in [5, 5.41) is 10.7. The molecule has 0 spiro atoms. The van der Waals surface area contributed by atoms with E-state index >= 15 is 0 Å². The summed E-state index contributed by atoms with van der Waals surface area (Å²) in [6.45, 7) is 3.85. The number of imidazole rings is 1. The third kappa shape index (κ3) is 3.97. The third-order valence-corrected chi connectivity index (χ3v) is 5.48. The molecule has 2 aromatic heterocycles. The van der Waals surface area contributed by atoms with Gasteiger partial charge in [-0.05, 0) is 38.3 Å². The molecule has 2 N–H and O–H groups in total. The number of hydrogen-bond acceptors (Lipinski definition) is 6. The summed E-state index contributed by atoms with van der Waals surface area (Å²) in [5.74, 6) is 1.28. The molecule has 1 atom stereocenters. The van der Waals surface area contributed by atoms with E-state index in [0.717, 1.165) is 37.9 Å². The van der Waals surface area contributed by atoms with E-state index in [1.54, 1.807) is 11.6 Å². The van der Waals surface area contributed by atoms with Crippen molar-refractivity contribution in [1.29, 1.82) is 0 Å². The Labute approximate surface area is 173 Å². The van der Waals surface area contributed by atoms with Crippen molar-refractivity contribution in [3.05, 3.63) is 50.7 Å². The standard InChI is InChI=1S/C21H27N5O4/c1-14-6-8-16(9-7-14)30-13-15(27)12-26-17-18(24(2)21(29)23-19(17)28)22-20(26)25-10-4-3-5-11-25/h6-9,15,27H,3-5,10-13H2,1-2H3,(H,23,28,29)/t15-/m0/s1. The molecular formula is C21H27N5O4. The van der Waals surface area contributed by atoms with Gasteiger partial charge in [-0.2, -0.15) is 4.98 Å². The zero-order valence-electron chi connectivity index (χ0n) is 17.3. The number of aromatic nitrogens is 4. The number of H-pyrrole nitrogens is 1. The van der Waals surface area contributed by atoms with Gasteiger partial charge in [0.25, 0.3) is 5.56 Å². The summed E-state index contributed by atoms with van der Waals surface area (Å²) >= 11 is 0. The molecule has 30 heavy (non-hydrogen) atoms. The van der Waals surface area contributed by atoms with E-state index in [2.05, 4.69) is 14.9 Å². The lowest BCUT2D eigenvalue weighted by atomic mass is 10.1. The minimum atomic E-state index is -0.858. The monoisotopic (exact) mass is 413 g/mol. The van der Waals surface area contributed by atoms with Crippen molar-refractivity contribution in [3.8, 4) is 5.75 Å². The Morgan fingerprint density at radius 3 is 2.57 bits per heavy atom. The van der Waals surface area contributed by atoms with E-state index < -0.39 is 17.4 Å². The number of aliphatic hydroxyl groups excluding tert-OH is 1. The van der Waals surface area contributed by atoms with Crippen LogP contribution in [-0.4, -0.2) is 50.0 Å². The van der Waals surface area contributed by atoms with Crippen LogP contribution in [0.1, 0.15) is 24.8 Å². The summed E-state index contributed by atoms with van der Waals surface area (Å²) in [4.78, 5) is 33.7. The fourth-order valence-electron chi connectivity index (χ4n) is 3.82. The SMILES string of the molecule is Cc1ccc(OC[C@@H](O)Cn2c(N3CCCCC3)nc3c2c(=O)[nH]c(=O)n3C)cc1. The van der Waals surface area contributed by atoms with Crippen molar-refractivity contribution in [1.82, 2.24) is 19.1 Å². The molecular weight excluding hydrogens is 386 g/mol. The summed E-state index contributed by atoms with van der Waals surface area (Å²) in [7, 11) is 1.58. The minimum Gasteiger partial charge on any atom is -0.491 e. The number of hydrogen-bond donors (Lipinski definition) is 2. The quantitative estimate of drug-likeness (QED) is 0.628. The lowest BCUT2D eigenvalue weighted by Gasteiger charge is -2.28. The Balaban J connectivity index is 1.65. The largest absolute Gasteiger partial charge is 0.491 e. The van der Waals surface area contributed by atoms with Gasteiger partial charge in [0.05, 0.1) is 6.54 Å². The van der Waals surface area contributed by atoms with Crippen LogP contribution in [0.3, 0.4) is 0 Å². The van der Waals surface area contributed by atoms with E-state index in [-0.39, 0.29) is 18.7 Å². The molecule has 1 aromatic carbocycles. The van der Waals surface area contributed by atoms with Crippen LogP contribution in [0.25, 0.3) is 11.2 Å². The lowest BCUT2D eigenvalue weighted by molar-refractivity contribution is 0.0936. The molecule has 0 amide bonds. The Morgan fingerprint density at radius 1 is 1.17 bits per heavy atom. The number of aryl methyl sites for hydroxylation is 2.